The van der Waals surface area contributed by atoms with Crippen LogP contribution in [0.25, 0.3) is 0 Å². The van der Waals surface area contributed by atoms with Gasteiger partial charge in [0.15, 0.2) is 0 Å². The number of carboxylic acid groups (broad SMARTS) is 1. The third kappa shape index (κ3) is 9.43. The second-order valence-corrected chi connectivity index (χ2v) is 1.13. The molecule has 0 aliphatic heterocycles. The van der Waals surface area contributed by atoms with E-state index < -0.39 is 12.0 Å². The van der Waals surface area contributed by atoms with Gasteiger partial charge in [0.05, 0.1) is 0 Å². The molecule has 0 aromatic rings. The summed E-state index contributed by atoms with van der Waals surface area (Å²) in [6, 6.07) is -0.731. The Morgan fingerprint density at radius 3 is 1.88 bits per heavy atom. The van der Waals surface area contributed by atoms with Crippen LogP contribution < -0.4 is 5.73 Å². The summed E-state index contributed by atoms with van der Waals surface area (Å²) in [4.78, 5) is 9.57. The van der Waals surface area contributed by atoms with Crippen LogP contribution in [0.2, 0.25) is 0 Å². The zero-order valence-corrected chi connectivity index (χ0v) is 5.88. The van der Waals surface area contributed by atoms with Gasteiger partial charge >= 0.3 is 5.97 Å². The fraction of sp³-hybridized carbons (Fsp3) is 0.500. The SMILES string of the molecule is C[C@H](N)C(=O)O.[C].[Pd]. The van der Waals surface area contributed by atoms with E-state index in [1.54, 1.807) is 0 Å². The van der Waals surface area contributed by atoms with Crippen molar-refractivity contribution in [3.05, 3.63) is 7.43 Å². The van der Waals surface area contributed by atoms with Crippen LogP contribution in [-0.2, 0) is 25.2 Å². The van der Waals surface area contributed by atoms with Gasteiger partial charge in [-0.2, -0.15) is 0 Å². The molecular formula is C4H7NO2Pd. The van der Waals surface area contributed by atoms with Crippen molar-refractivity contribution in [1.82, 2.24) is 0 Å². The molecule has 0 unspecified atom stereocenters. The van der Waals surface area contributed by atoms with E-state index in [2.05, 4.69) is 0 Å². The minimum atomic E-state index is -0.963. The standard InChI is InChI=1S/C3H7NO2.C.Pd/c1-2(4)3(5)6;;/h2H,4H2,1H3,(H,5,6);;/t2-;;/m0../s1. The predicted octanol–water partition coefficient (Wildman–Crippen LogP) is -0.503. The molecule has 0 amide bonds. The Morgan fingerprint density at radius 2 is 1.88 bits per heavy atom. The number of hydrogen-bond donors (Lipinski definition) is 2. The smallest absolute Gasteiger partial charge is 0.320 e. The summed E-state index contributed by atoms with van der Waals surface area (Å²) in [7, 11) is 0. The van der Waals surface area contributed by atoms with Gasteiger partial charge in [-0.25, -0.2) is 0 Å². The van der Waals surface area contributed by atoms with Gasteiger partial charge in [0.25, 0.3) is 0 Å². The third-order valence-corrected chi connectivity index (χ3v) is 0.390. The summed E-state index contributed by atoms with van der Waals surface area (Å²) in [6.45, 7) is 1.42. The summed E-state index contributed by atoms with van der Waals surface area (Å²) in [5.74, 6) is -0.963. The van der Waals surface area contributed by atoms with Crippen LogP contribution in [-0.4, -0.2) is 17.1 Å². The van der Waals surface area contributed by atoms with E-state index >= 15 is 0 Å². The Morgan fingerprint density at radius 1 is 1.75 bits per heavy atom. The fourth-order valence-electron chi connectivity index (χ4n) is 0. The summed E-state index contributed by atoms with van der Waals surface area (Å²) in [6.07, 6.45) is 0. The number of hydrogen-bond acceptors (Lipinski definition) is 2. The molecule has 3 nitrogen and oxygen atoms in total. The monoisotopic (exact) mass is 207 g/mol. The molecule has 0 aromatic carbocycles. The van der Waals surface area contributed by atoms with E-state index in [4.69, 9.17) is 10.8 Å². The quantitative estimate of drug-likeness (QED) is 0.570. The van der Waals surface area contributed by atoms with Crippen molar-refractivity contribution in [2.75, 3.05) is 0 Å². The molecule has 0 rings (SSSR count). The third-order valence-electron chi connectivity index (χ3n) is 0.390. The van der Waals surface area contributed by atoms with Gasteiger partial charge in [-0.1, -0.05) is 0 Å². The minimum Gasteiger partial charge on any atom is -0.480 e. The molecule has 0 aromatic heterocycles. The van der Waals surface area contributed by atoms with Crippen LogP contribution in [0.3, 0.4) is 0 Å². The van der Waals surface area contributed by atoms with Crippen molar-refractivity contribution in [3.8, 4) is 0 Å². The molecule has 4 radical (unpaired) electrons. The maximum Gasteiger partial charge on any atom is 0.320 e. The molecule has 0 bridgehead atoms. The van der Waals surface area contributed by atoms with Crippen LogP contribution in [0.4, 0.5) is 0 Å². The molecule has 0 spiro atoms. The largest absolute Gasteiger partial charge is 0.480 e. The van der Waals surface area contributed by atoms with Gasteiger partial charge in [0.2, 0.25) is 0 Å². The summed E-state index contributed by atoms with van der Waals surface area (Å²) < 4.78 is 0. The Labute approximate surface area is 62.9 Å². The first-order valence-electron chi connectivity index (χ1n) is 1.63. The van der Waals surface area contributed by atoms with E-state index in [-0.39, 0.29) is 27.8 Å². The Hall–Kier alpha value is 0.0923. The summed E-state index contributed by atoms with van der Waals surface area (Å²) in [5, 5.41) is 7.87. The fourth-order valence-corrected chi connectivity index (χ4v) is 0. The average molecular weight is 208 g/mol. The summed E-state index contributed by atoms with van der Waals surface area (Å²) >= 11 is 0. The van der Waals surface area contributed by atoms with Crippen LogP contribution in [0.5, 0.6) is 0 Å². The number of aliphatic carboxylic acids is 1. The first-order chi connectivity index (χ1) is 2.64. The van der Waals surface area contributed by atoms with Crippen LogP contribution in [0.1, 0.15) is 6.92 Å². The van der Waals surface area contributed by atoms with E-state index in [9.17, 15) is 4.79 Å². The molecule has 0 saturated heterocycles. The topological polar surface area (TPSA) is 63.3 Å². The van der Waals surface area contributed by atoms with Crippen molar-refractivity contribution in [1.29, 1.82) is 0 Å². The molecule has 0 aliphatic rings. The zero-order chi connectivity index (χ0) is 5.15. The van der Waals surface area contributed by atoms with Gasteiger partial charge in [0.1, 0.15) is 6.04 Å². The second kappa shape index (κ2) is 7.09. The van der Waals surface area contributed by atoms with Crippen molar-refractivity contribution in [2.24, 2.45) is 5.73 Å². The number of nitrogens with two attached hydrogens (primary N) is 1. The van der Waals surface area contributed by atoms with E-state index in [1.807, 2.05) is 0 Å². The minimum absolute atomic E-state index is 0. The molecule has 0 fully saturated rings. The maximum absolute atomic E-state index is 9.57. The van der Waals surface area contributed by atoms with E-state index in [1.165, 1.54) is 6.92 Å². The van der Waals surface area contributed by atoms with E-state index in [0.717, 1.165) is 0 Å². The van der Waals surface area contributed by atoms with Gasteiger partial charge in [-0.05, 0) is 6.92 Å². The second-order valence-electron chi connectivity index (χ2n) is 1.13. The van der Waals surface area contributed by atoms with Gasteiger partial charge < -0.3 is 10.8 Å². The Balaban J connectivity index is -0.000000125. The zero-order valence-electron chi connectivity index (χ0n) is 4.33. The maximum atomic E-state index is 9.57. The Bertz CT molecular complexity index is 65.1. The van der Waals surface area contributed by atoms with Crippen LogP contribution in [0, 0.1) is 7.43 Å². The molecule has 3 N–H and O–H groups in total. The summed E-state index contributed by atoms with van der Waals surface area (Å²) in [5.41, 5.74) is 4.84. The van der Waals surface area contributed by atoms with Crippen molar-refractivity contribution >= 4 is 5.97 Å². The van der Waals surface area contributed by atoms with Crippen molar-refractivity contribution in [2.45, 2.75) is 13.0 Å². The first-order valence-corrected chi connectivity index (χ1v) is 1.63. The average Bonchev–Trinajstić information content (AvgIpc) is 1.36. The molecular weight excluding hydrogens is 200 g/mol. The van der Waals surface area contributed by atoms with Gasteiger partial charge in [-0.15, -0.1) is 0 Å². The molecule has 0 saturated carbocycles. The Kier molecular flexibility index (Phi) is 13.9. The first kappa shape index (κ1) is 15.7. The van der Waals surface area contributed by atoms with E-state index in [0.29, 0.717) is 0 Å². The van der Waals surface area contributed by atoms with Crippen molar-refractivity contribution < 1.29 is 30.3 Å². The molecule has 1 atom stereocenters. The number of rotatable bonds is 1. The predicted molar refractivity (Wildman–Crippen MR) is 24.5 cm³/mol. The van der Waals surface area contributed by atoms with Crippen molar-refractivity contribution in [3.63, 3.8) is 0 Å². The molecule has 0 heterocycles. The number of carbonyl (C=O) groups is 1. The van der Waals surface area contributed by atoms with Crippen LogP contribution in [0.15, 0.2) is 0 Å². The molecule has 8 heavy (non-hydrogen) atoms. The van der Waals surface area contributed by atoms with Gasteiger partial charge in [-0.3, -0.25) is 4.79 Å². The van der Waals surface area contributed by atoms with Gasteiger partial charge in [0, 0.05) is 27.8 Å². The van der Waals surface area contributed by atoms with Crippen LogP contribution >= 0.6 is 0 Å². The molecule has 4 heteroatoms. The molecule has 0 aliphatic carbocycles. The number of carboxylic acids is 1. The normalized spacial score (nSPS) is 10.2. The molecule has 50 valence electrons.